The molecule has 0 fully saturated rings. The van der Waals surface area contributed by atoms with E-state index in [1.54, 1.807) is 12.1 Å². The van der Waals surface area contributed by atoms with Crippen LogP contribution in [0.25, 0.3) is 0 Å². The van der Waals surface area contributed by atoms with Crippen LogP contribution in [0.3, 0.4) is 0 Å². The Hall–Kier alpha value is -1.61. The predicted molar refractivity (Wildman–Crippen MR) is 65.0 cm³/mol. The van der Waals surface area contributed by atoms with Gasteiger partial charge in [-0.05, 0) is 29.8 Å². The Balaban J connectivity index is 1.81. The predicted octanol–water partition coefficient (Wildman–Crippen LogP) is 3.27. The Morgan fingerprint density at radius 1 is 1.00 bits per heavy atom. The fourth-order valence-electron chi connectivity index (χ4n) is 1.64. The molecule has 0 aliphatic carbocycles. The summed E-state index contributed by atoms with van der Waals surface area (Å²) in [6.07, 6.45) is 0.915. The lowest BCUT2D eigenvalue weighted by Crippen LogP contribution is -2.12. The monoisotopic (exact) mass is 233 g/mol. The van der Waals surface area contributed by atoms with Crippen molar-refractivity contribution in [1.29, 1.82) is 0 Å². The topological polar surface area (TPSA) is 25.2 Å². The molecule has 2 rings (SSSR count). The summed E-state index contributed by atoms with van der Waals surface area (Å²) in [5, 5.41) is 3.26. The maximum atomic E-state index is 12.7. The molecule has 0 aliphatic heterocycles. The highest BCUT2D eigenvalue weighted by Gasteiger charge is 2.00. The quantitative estimate of drug-likeness (QED) is 0.857. The number of hydrogen-bond acceptors (Lipinski definition) is 2. The van der Waals surface area contributed by atoms with E-state index in [9.17, 15) is 4.39 Å². The van der Waals surface area contributed by atoms with Crippen molar-refractivity contribution >= 4 is 0 Å². The zero-order valence-electron chi connectivity index (χ0n) is 9.87. The molecule has 0 bridgehead atoms. The zero-order valence-corrected chi connectivity index (χ0v) is 9.87. The van der Waals surface area contributed by atoms with Gasteiger partial charge in [0.05, 0.1) is 6.54 Å². The van der Waals surface area contributed by atoms with Crippen molar-refractivity contribution in [3.05, 3.63) is 59.3 Å². The standard InChI is InChI=1S/C14H16FNO/c1-2-13-7-8-14(17-13)10-16-9-11-3-5-12(15)6-4-11/h3-8,16H,2,9-10H2,1H3. The first-order valence-electron chi connectivity index (χ1n) is 5.80. The van der Waals surface area contributed by atoms with Crippen molar-refractivity contribution in [3.63, 3.8) is 0 Å². The second kappa shape index (κ2) is 5.64. The molecule has 1 heterocycles. The third-order valence-corrected chi connectivity index (χ3v) is 2.61. The highest BCUT2D eigenvalue weighted by atomic mass is 19.1. The maximum Gasteiger partial charge on any atom is 0.123 e. The lowest BCUT2D eigenvalue weighted by atomic mass is 10.2. The van der Waals surface area contributed by atoms with Crippen LogP contribution >= 0.6 is 0 Å². The summed E-state index contributed by atoms with van der Waals surface area (Å²) in [4.78, 5) is 0. The van der Waals surface area contributed by atoms with E-state index in [0.29, 0.717) is 13.1 Å². The zero-order chi connectivity index (χ0) is 12.1. The SMILES string of the molecule is CCc1ccc(CNCc2ccc(F)cc2)o1. The molecule has 0 amide bonds. The van der Waals surface area contributed by atoms with Crippen LogP contribution in [0.1, 0.15) is 24.0 Å². The number of rotatable bonds is 5. The molecule has 90 valence electrons. The smallest absolute Gasteiger partial charge is 0.123 e. The summed E-state index contributed by atoms with van der Waals surface area (Å²) >= 11 is 0. The van der Waals surface area contributed by atoms with E-state index in [1.165, 1.54) is 12.1 Å². The molecule has 1 N–H and O–H groups in total. The first-order valence-corrected chi connectivity index (χ1v) is 5.80. The van der Waals surface area contributed by atoms with Gasteiger partial charge in [0.25, 0.3) is 0 Å². The summed E-state index contributed by atoms with van der Waals surface area (Å²) < 4.78 is 18.2. The average Bonchev–Trinajstić information content (AvgIpc) is 2.80. The minimum absolute atomic E-state index is 0.202. The van der Waals surface area contributed by atoms with E-state index in [0.717, 1.165) is 23.5 Å². The van der Waals surface area contributed by atoms with Crippen LogP contribution in [0, 0.1) is 5.82 Å². The van der Waals surface area contributed by atoms with Gasteiger partial charge in [-0.2, -0.15) is 0 Å². The van der Waals surface area contributed by atoms with Crippen molar-refractivity contribution in [2.24, 2.45) is 0 Å². The Morgan fingerprint density at radius 2 is 1.71 bits per heavy atom. The molecule has 0 atom stereocenters. The molecular formula is C14H16FNO. The lowest BCUT2D eigenvalue weighted by molar-refractivity contribution is 0.450. The van der Waals surface area contributed by atoms with E-state index < -0.39 is 0 Å². The number of benzene rings is 1. The van der Waals surface area contributed by atoms with Crippen LogP contribution in [0.5, 0.6) is 0 Å². The molecule has 0 aliphatic rings. The molecule has 1 aromatic heterocycles. The summed E-state index contributed by atoms with van der Waals surface area (Å²) in [5.41, 5.74) is 1.06. The lowest BCUT2D eigenvalue weighted by Gasteiger charge is -2.02. The van der Waals surface area contributed by atoms with Crippen molar-refractivity contribution in [2.75, 3.05) is 0 Å². The number of halogens is 1. The highest BCUT2D eigenvalue weighted by Crippen LogP contribution is 2.08. The minimum Gasteiger partial charge on any atom is -0.465 e. The molecule has 2 nitrogen and oxygen atoms in total. The first-order chi connectivity index (χ1) is 8.28. The van der Waals surface area contributed by atoms with Crippen molar-refractivity contribution in [3.8, 4) is 0 Å². The van der Waals surface area contributed by atoms with Gasteiger partial charge in [0.15, 0.2) is 0 Å². The van der Waals surface area contributed by atoms with E-state index in [1.807, 2.05) is 12.1 Å². The molecule has 3 heteroatoms. The first kappa shape index (κ1) is 11.9. The third-order valence-electron chi connectivity index (χ3n) is 2.61. The summed E-state index contributed by atoms with van der Waals surface area (Å²) in [5.74, 6) is 1.74. The number of nitrogens with one attached hydrogen (secondary N) is 1. The van der Waals surface area contributed by atoms with Gasteiger partial charge in [-0.3, -0.25) is 0 Å². The Labute approximate surface area is 100 Å². The molecule has 1 aromatic carbocycles. The van der Waals surface area contributed by atoms with Gasteiger partial charge in [0, 0.05) is 13.0 Å². The van der Waals surface area contributed by atoms with E-state index in [4.69, 9.17) is 4.42 Å². The second-order valence-electron chi connectivity index (χ2n) is 3.95. The maximum absolute atomic E-state index is 12.7. The number of hydrogen-bond donors (Lipinski definition) is 1. The number of aryl methyl sites for hydroxylation is 1. The number of furan rings is 1. The average molecular weight is 233 g/mol. The fraction of sp³-hybridized carbons (Fsp3) is 0.286. The van der Waals surface area contributed by atoms with Crippen molar-refractivity contribution in [2.45, 2.75) is 26.4 Å². The summed E-state index contributed by atoms with van der Waals surface area (Å²) in [7, 11) is 0. The van der Waals surface area contributed by atoms with E-state index >= 15 is 0 Å². The van der Waals surface area contributed by atoms with Gasteiger partial charge in [-0.25, -0.2) is 4.39 Å². The van der Waals surface area contributed by atoms with Crippen LogP contribution < -0.4 is 5.32 Å². The molecule has 0 spiro atoms. The van der Waals surface area contributed by atoms with Gasteiger partial charge in [-0.15, -0.1) is 0 Å². The van der Waals surface area contributed by atoms with Gasteiger partial charge in [0.1, 0.15) is 17.3 Å². The summed E-state index contributed by atoms with van der Waals surface area (Å²) in [6, 6.07) is 10.5. The largest absolute Gasteiger partial charge is 0.465 e. The summed E-state index contributed by atoms with van der Waals surface area (Å²) in [6.45, 7) is 3.47. The van der Waals surface area contributed by atoms with Crippen LogP contribution in [0.15, 0.2) is 40.8 Å². The van der Waals surface area contributed by atoms with E-state index in [-0.39, 0.29) is 5.82 Å². The molecular weight excluding hydrogens is 217 g/mol. The molecule has 0 unspecified atom stereocenters. The van der Waals surface area contributed by atoms with Gasteiger partial charge >= 0.3 is 0 Å². The minimum atomic E-state index is -0.202. The van der Waals surface area contributed by atoms with E-state index in [2.05, 4.69) is 12.2 Å². The Kier molecular flexibility index (Phi) is 3.94. The van der Waals surface area contributed by atoms with Gasteiger partial charge < -0.3 is 9.73 Å². The van der Waals surface area contributed by atoms with Crippen molar-refractivity contribution in [1.82, 2.24) is 5.32 Å². The van der Waals surface area contributed by atoms with Crippen LogP contribution in [0.2, 0.25) is 0 Å². The molecule has 17 heavy (non-hydrogen) atoms. The second-order valence-corrected chi connectivity index (χ2v) is 3.95. The fourth-order valence-corrected chi connectivity index (χ4v) is 1.64. The molecule has 2 aromatic rings. The normalized spacial score (nSPS) is 10.7. The van der Waals surface area contributed by atoms with Gasteiger partial charge in [0.2, 0.25) is 0 Å². The van der Waals surface area contributed by atoms with Gasteiger partial charge in [-0.1, -0.05) is 19.1 Å². The molecule has 0 saturated heterocycles. The van der Waals surface area contributed by atoms with Crippen LogP contribution in [0.4, 0.5) is 4.39 Å². The molecule has 0 radical (unpaired) electrons. The van der Waals surface area contributed by atoms with Crippen LogP contribution in [-0.2, 0) is 19.5 Å². The molecule has 0 saturated carbocycles. The van der Waals surface area contributed by atoms with Crippen molar-refractivity contribution < 1.29 is 8.81 Å². The van der Waals surface area contributed by atoms with Crippen LogP contribution in [-0.4, -0.2) is 0 Å². The Bertz CT molecular complexity index is 461. The third kappa shape index (κ3) is 3.43. The highest BCUT2D eigenvalue weighted by molar-refractivity contribution is 5.16. The Morgan fingerprint density at radius 3 is 2.35 bits per heavy atom.